The first kappa shape index (κ1) is 16.7. The molecule has 0 unspecified atom stereocenters. The quantitative estimate of drug-likeness (QED) is 0.848. The van der Waals surface area contributed by atoms with Crippen LogP contribution in [0.3, 0.4) is 0 Å². The van der Waals surface area contributed by atoms with Crippen molar-refractivity contribution >= 4 is 5.91 Å². The summed E-state index contributed by atoms with van der Waals surface area (Å²) in [4.78, 5) is 14.2. The minimum atomic E-state index is -0.0676. The number of ether oxygens (including phenoxy) is 1. The molecule has 0 radical (unpaired) electrons. The molecule has 0 spiro atoms. The van der Waals surface area contributed by atoms with Crippen LogP contribution in [-0.4, -0.2) is 47.2 Å². The van der Waals surface area contributed by atoms with E-state index < -0.39 is 0 Å². The molecule has 128 valence electrons. The summed E-state index contributed by atoms with van der Waals surface area (Å²) in [6.45, 7) is 3.69. The molecule has 1 aliphatic rings. The van der Waals surface area contributed by atoms with Crippen LogP contribution < -0.4 is 5.32 Å². The van der Waals surface area contributed by atoms with Crippen molar-refractivity contribution in [3.63, 3.8) is 0 Å². The van der Waals surface area contributed by atoms with E-state index in [1.165, 1.54) is 11.1 Å². The first-order valence-electron chi connectivity index (χ1n) is 8.28. The molecule has 1 aromatic heterocycles. The second kappa shape index (κ2) is 7.59. The fraction of sp³-hybridized carbons (Fsp3) is 0.444. The lowest BCUT2D eigenvalue weighted by molar-refractivity contribution is -0.129. The van der Waals surface area contributed by atoms with E-state index in [9.17, 15) is 4.79 Å². The third-order valence-corrected chi connectivity index (χ3v) is 4.53. The Morgan fingerprint density at radius 1 is 1.42 bits per heavy atom. The maximum absolute atomic E-state index is 12.4. The lowest BCUT2D eigenvalue weighted by atomic mass is 10.1. The van der Waals surface area contributed by atoms with Gasteiger partial charge in [-0.15, -0.1) is 0 Å². The van der Waals surface area contributed by atoms with Gasteiger partial charge in [0.15, 0.2) is 0 Å². The summed E-state index contributed by atoms with van der Waals surface area (Å²) in [5.74, 6) is 0.0773. The number of hydrogen-bond acceptors (Lipinski definition) is 4. The lowest BCUT2D eigenvalue weighted by Gasteiger charge is -2.22. The molecular formula is C18H24N4O2. The summed E-state index contributed by atoms with van der Waals surface area (Å²) in [6.07, 6.45) is 2.54. The van der Waals surface area contributed by atoms with Gasteiger partial charge in [-0.05, 0) is 30.5 Å². The Morgan fingerprint density at radius 3 is 3.00 bits per heavy atom. The Labute approximate surface area is 142 Å². The van der Waals surface area contributed by atoms with Crippen LogP contribution in [0, 0.1) is 6.92 Å². The number of aromatic nitrogens is 2. The van der Waals surface area contributed by atoms with Crippen LogP contribution in [0.4, 0.5) is 0 Å². The second-order valence-corrected chi connectivity index (χ2v) is 6.26. The van der Waals surface area contributed by atoms with E-state index in [0.717, 1.165) is 12.1 Å². The number of aryl methyl sites for hydroxylation is 1. The molecule has 0 saturated carbocycles. The second-order valence-electron chi connectivity index (χ2n) is 6.26. The number of carbonyl (C=O) groups is 1. The highest BCUT2D eigenvalue weighted by molar-refractivity contribution is 5.78. The van der Waals surface area contributed by atoms with Crippen LogP contribution >= 0.6 is 0 Å². The number of hydrogen-bond donors (Lipinski definition) is 2. The number of aromatic amines is 1. The molecule has 24 heavy (non-hydrogen) atoms. The normalized spacial score (nSPS) is 20.2. The number of H-pyrrole nitrogens is 1. The summed E-state index contributed by atoms with van der Waals surface area (Å²) in [6, 6.07) is 10.2. The van der Waals surface area contributed by atoms with Crippen LogP contribution in [-0.2, 0) is 16.1 Å². The van der Waals surface area contributed by atoms with E-state index in [1.807, 2.05) is 25.2 Å². The van der Waals surface area contributed by atoms with Crippen molar-refractivity contribution in [2.24, 2.45) is 0 Å². The zero-order valence-corrected chi connectivity index (χ0v) is 14.2. The van der Waals surface area contributed by atoms with Crippen LogP contribution in [0.1, 0.15) is 29.3 Å². The molecular weight excluding hydrogens is 304 g/mol. The van der Waals surface area contributed by atoms with Gasteiger partial charge in [-0.3, -0.25) is 9.89 Å². The number of amides is 1. The lowest BCUT2D eigenvalue weighted by Crippen LogP contribution is -2.41. The number of likely N-dealkylation sites (N-methyl/N-ethyl adjacent to an activating group) is 1. The van der Waals surface area contributed by atoms with Gasteiger partial charge in [0, 0.05) is 32.4 Å². The average Bonchev–Trinajstić information content (AvgIpc) is 3.25. The fourth-order valence-electron chi connectivity index (χ4n) is 3.01. The fourth-order valence-corrected chi connectivity index (χ4v) is 3.01. The van der Waals surface area contributed by atoms with Crippen molar-refractivity contribution in [3.8, 4) is 0 Å². The molecule has 2 atom stereocenters. The first-order chi connectivity index (χ1) is 11.6. The van der Waals surface area contributed by atoms with Crippen molar-refractivity contribution in [1.82, 2.24) is 20.4 Å². The van der Waals surface area contributed by atoms with Crippen LogP contribution in [0.15, 0.2) is 36.5 Å². The topological polar surface area (TPSA) is 70.2 Å². The third-order valence-electron chi connectivity index (χ3n) is 4.53. The molecule has 3 rings (SSSR count). The molecule has 2 aromatic rings. The predicted molar refractivity (Wildman–Crippen MR) is 91.3 cm³/mol. The zero-order valence-electron chi connectivity index (χ0n) is 14.2. The van der Waals surface area contributed by atoms with Gasteiger partial charge in [-0.1, -0.05) is 24.3 Å². The molecule has 0 bridgehead atoms. The predicted octanol–water partition coefficient (Wildman–Crippen LogP) is 1.80. The molecule has 0 aliphatic carbocycles. The van der Waals surface area contributed by atoms with E-state index >= 15 is 0 Å². The van der Waals surface area contributed by atoms with Gasteiger partial charge < -0.3 is 15.0 Å². The highest BCUT2D eigenvalue weighted by atomic mass is 16.5. The van der Waals surface area contributed by atoms with Crippen molar-refractivity contribution in [1.29, 1.82) is 0 Å². The molecule has 6 nitrogen and oxygen atoms in total. The summed E-state index contributed by atoms with van der Waals surface area (Å²) in [5.41, 5.74) is 3.33. The number of nitrogens with zero attached hydrogens (tertiary/aromatic N) is 2. The van der Waals surface area contributed by atoms with Crippen molar-refractivity contribution in [3.05, 3.63) is 53.3 Å². The molecule has 1 amide bonds. The van der Waals surface area contributed by atoms with Gasteiger partial charge in [-0.25, -0.2) is 0 Å². The highest BCUT2D eigenvalue weighted by Crippen LogP contribution is 2.27. The number of nitrogens with one attached hydrogen (secondary N) is 2. The van der Waals surface area contributed by atoms with Gasteiger partial charge in [0.05, 0.1) is 12.2 Å². The molecule has 2 heterocycles. The molecule has 1 fully saturated rings. The van der Waals surface area contributed by atoms with E-state index in [1.54, 1.807) is 11.1 Å². The zero-order chi connectivity index (χ0) is 16.9. The first-order valence-corrected chi connectivity index (χ1v) is 8.28. The monoisotopic (exact) mass is 328 g/mol. The largest absolute Gasteiger partial charge is 0.370 e. The minimum absolute atomic E-state index is 0.0676. The van der Waals surface area contributed by atoms with Crippen molar-refractivity contribution < 1.29 is 9.53 Å². The summed E-state index contributed by atoms with van der Waals surface area (Å²) < 4.78 is 5.76. The van der Waals surface area contributed by atoms with Crippen LogP contribution in [0.2, 0.25) is 0 Å². The smallest absolute Gasteiger partial charge is 0.236 e. The number of rotatable bonds is 6. The summed E-state index contributed by atoms with van der Waals surface area (Å²) in [7, 11) is 1.84. The van der Waals surface area contributed by atoms with Gasteiger partial charge in [0.1, 0.15) is 6.10 Å². The maximum atomic E-state index is 12.4. The SMILES string of the molecule is Cc1ccccc1CN(C)C(=O)CN[C@@H]1CCO[C@H]1c1ccn[nH]1. The average molecular weight is 328 g/mol. The Bertz CT molecular complexity index is 671. The number of carbonyl (C=O) groups excluding carboxylic acids is 1. The molecule has 6 heteroatoms. The standard InChI is InChI=1S/C18H24N4O2/c1-13-5-3-4-6-14(13)12-22(2)17(23)11-19-15-8-10-24-18(15)16-7-9-20-21-16/h3-7,9,15,18-19H,8,10-12H2,1-2H3,(H,20,21)/t15-,18-/m1/s1. The van der Waals surface area contributed by atoms with Crippen molar-refractivity contribution in [2.75, 3.05) is 20.2 Å². The minimum Gasteiger partial charge on any atom is -0.370 e. The summed E-state index contributed by atoms with van der Waals surface area (Å²) >= 11 is 0. The Morgan fingerprint density at radius 2 is 2.25 bits per heavy atom. The van der Waals surface area contributed by atoms with Crippen molar-refractivity contribution in [2.45, 2.75) is 32.0 Å². The molecule has 1 aromatic carbocycles. The Hall–Kier alpha value is -2.18. The van der Waals surface area contributed by atoms with Gasteiger partial charge in [0.25, 0.3) is 0 Å². The van der Waals surface area contributed by atoms with E-state index in [4.69, 9.17) is 4.74 Å². The highest BCUT2D eigenvalue weighted by Gasteiger charge is 2.30. The summed E-state index contributed by atoms with van der Waals surface area (Å²) in [5, 5.41) is 10.3. The third kappa shape index (κ3) is 3.83. The van der Waals surface area contributed by atoms with Gasteiger partial charge in [0.2, 0.25) is 5.91 Å². The molecule has 1 saturated heterocycles. The van der Waals surface area contributed by atoms with Gasteiger partial charge in [-0.2, -0.15) is 5.10 Å². The Balaban J connectivity index is 1.52. The van der Waals surface area contributed by atoms with Crippen LogP contribution in [0.25, 0.3) is 0 Å². The van der Waals surface area contributed by atoms with Crippen LogP contribution in [0.5, 0.6) is 0 Å². The van der Waals surface area contributed by atoms with Gasteiger partial charge >= 0.3 is 0 Å². The Kier molecular flexibility index (Phi) is 5.27. The molecule has 1 aliphatic heterocycles. The maximum Gasteiger partial charge on any atom is 0.236 e. The van der Waals surface area contributed by atoms with E-state index in [2.05, 4.69) is 34.6 Å². The van der Waals surface area contributed by atoms with E-state index in [0.29, 0.717) is 19.7 Å². The molecule has 2 N–H and O–H groups in total. The van der Waals surface area contributed by atoms with E-state index in [-0.39, 0.29) is 18.1 Å². The number of benzene rings is 1.